The standard InChI is InChI=1S/C25H34N4O3S/c1-21-9-8-10-22(19-21)27-15-17-29(18-16-27)33(31,32)20-25(30)26-23-11-4-5-12-24(23)28-13-6-2-3-7-14-28/h4-5,8-12,19H,2-3,6-7,13-18,20H2,1H3,(H,26,30). The van der Waals surface area contributed by atoms with Gasteiger partial charge in [0.2, 0.25) is 15.9 Å². The SMILES string of the molecule is Cc1cccc(N2CCN(S(=O)(=O)CC(=O)Nc3ccccc3N3CCCCCC3)CC2)c1. The van der Waals surface area contributed by atoms with E-state index in [1.807, 2.05) is 49.4 Å². The molecule has 2 fully saturated rings. The van der Waals surface area contributed by atoms with Gasteiger partial charge in [0.25, 0.3) is 0 Å². The van der Waals surface area contributed by atoms with Crippen LogP contribution in [0.25, 0.3) is 0 Å². The van der Waals surface area contributed by atoms with Crippen molar-refractivity contribution in [3.05, 3.63) is 54.1 Å². The van der Waals surface area contributed by atoms with Crippen molar-refractivity contribution in [3.63, 3.8) is 0 Å². The summed E-state index contributed by atoms with van der Waals surface area (Å²) in [4.78, 5) is 17.2. The number of nitrogens with one attached hydrogen (secondary N) is 1. The number of benzene rings is 2. The van der Waals surface area contributed by atoms with E-state index in [0.717, 1.165) is 37.3 Å². The Hall–Kier alpha value is -2.58. The van der Waals surface area contributed by atoms with Gasteiger partial charge in [-0.05, 0) is 49.6 Å². The van der Waals surface area contributed by atoms with Crippen LogP contribution in [0.1, 0.15) is 31.2 Å². The molecular formula is C25H34N4O3S. The highest BCUT2D eigenvalue weighted by Gasteiger charge is 2.29. The number of sulfonamides is 1. The molecule has 0 bridgehead atoms. The lowest BCUT2D eigenvalue weighted by Crippen LogP contribution is -2.50. The van der Waals surface area contributed by atoms with E-state index >= 15 is 0 Å². The van der Waals surface area contributed by atoms with Crippen molar-refractivity contribution in [2.75, 3.05) is 60.1 Å². The van der Waals surface area contributed by atoms with Crippen molar-refractivity contribution in [3.8, 4) is 0 Å². The third-order valence-corrected chi connectivity index (χ3v) is 8.22. The fourth-order valence-corrected chi connectivity index (χ4v) is 5.96. The molecule has 33 heavy (non-hydrogen) atoms. The summed E-state index contributed by atoms with van der Waals surface area (Å²) < 4.78 is 27.3. The molecule has 0 radical (unpaired) electrons. The van der Waals surface area contributed by atoms with Gasteiger partial charge in [0.05, 0.1) is 11.4 Å². The van der Waals surface area contributed by atoms with Gasteiger partial charge in [-0.1, -0.05) is 37.1 Å². The Morgan fingerprint density at radius 1 is 0.848 bits per heavy atom. The predicted octanol–water partition coefficient (Wildman–Crippen LogP) is 3.47. The Labute approximate surface area is 197 Å². The molecule has 1 amide bonds. The average Bonchev–Trinajstić information content (AvgIpc) is 3.09. The number of aryl methyl sites for hydroxylation is 1. The number of nitrogens with zero attached hydrogens (tertiary/aromatic N) is 3. The van der Waals surface area contributed by atoms with E-state index in [0.29, 0.717) is 31.9 Å². The van der Waals surface area contributed by atoms with E-state index in [-0.39, 0.29) is 0 Å². The highest BCUT2D eigenvalue weighted by Crippen LogP contribution is 2.28. The monoisotopic (exact) mass is 470 g/mol. The quantitative estimate of drug-likeness (QED) is 0.700. The molecule has 8 heteroatoms. The van der Waals surface area contributed by atoms with Gasteiger partial charge in [0, 0.05) is 45.0 Å². The topological polar surface area (TPSA) is 73.0 Å². The molecule has 1 N–H and O–H groups in total. The minimum Gasteiger partial charge on any atom is -0.370 e. The van der Waals surface area contributed by atoms with Crippen LogP contribution in [0.2, 0.25) is 0 Å². The molecule has 0 unspecified atom stereocenters. The number of piperazine rings is 1. The van der Waals surface area contributed by atoms with Crippen molar-refractivity contribution in [1.29, 1.82) is 0 Å². The molecule has 7 nitrogen and oxygen atoms in total. The lowest BCUT2D eigenvalue weighted by molar-refractivity contribution is -0.113. The zero-order valence-electron chi connectivity index (χ0n) is 19.4. The highest BCUT2D eigenvalue weighted by atomic mass is 32.2. The molecule has 0 spiro atoms. The normalized spacial score (nSPS) is 18.1. The Bertz CT molecular complexity index is 1060. The minimum atomic E-state index is -3.68. The first kappa shape index (κ1) is 23.6. The molecule has 4 rings (SSSR count). The summed E-state index contributed by atoms with van der Waals surface area (Å²) in [5, 5.41) is 2.87. The number of carbonyl (C=O) groups is 1. The van der Waals surface area contributed by atoms with E-state index < -0.39 is 21.7 Å². The first-order chi connectivity index (χ1) is 15.9. The van der Waals surface area contributed by atoms with Gasteiger partial charge in [-0.3, -0.25) is 4.79 Å². The fraction of sp³-hybridized carbons (Fsp3) is 0.480. The molecule has 2 saturated heterocycles. The summed E-state index contributed by atoms with van der Waals surface area (Å²) in [7, 11) is -3.68. The van der Waals surface area contributed by atoms with Crippen LogP contribution in [0.3, 0.4) is 0 Å². The van der Waals surface area contributed by atoms with Crippen molar-refractivity contribution in [2.24, 2.45) is 0 Å². The second kappa shape index (κ2) is 10.6. The Morgan fingerprint density at radius 2 is 1.55 bits per heavy atom. The zero-order chi connectivity index (χ0) is 23.3. The van der Waals surface area contributed by atoms with Crippen LogP contribution in [0.4, 0.5) is 17.1 Å². The molecule has 2 aromatic carbocycles. The molecule has 2 heterocycles. The average molecular weight is 471 g/mol. The highest BCUT2D eigenvalue weighted by molar-refractivity contribution is 7.89. The molecular weight excluding hydrogens is 436 g/mol. The third-order valence-electron chi connectivity index (χ3n) is 6.44. The number of para-hydroxylation sites is 2. The van der Waals surface area contributed by atoms with Gasteiger partial charge >= 0.3 is 0 Å². The fourth-order valence-electron chi connectivity index (χ4n) is 4.66. The predicted molar refractivity (Wildman–Crippen MR) is 135 cm³/mol. The summed E-state index contributed by atoms with van der Waals surface area (Å²) in [6.07, 6.45) is 4.71. The molecule has 2 aromatic rings. The first-order valence-electron chi connectivity index (χ1n) is 11.9. The molecule has 0 aromatic heterocycles. The van der Waals surface area contributed by atoms with E-state index in [9.17, 15) is 13.2 Å². The molecule has 178 valence electrons. The lowest BCUT2D eigenvalue weighted by atomic mass is 10.2. The van der Waals surface area contributed by atoms with Crippen molar-refractivity contribution in [1.82, 2.24) is 4.31 Å². The van der Waals surface area contributed by atoms with Crippen LogP contribution in [0, 0.1) is 6.92 Å². The van der Waals surface area contributed by atoms with Crippen molar-refractivity contribution >= 4 is 33.0 Å². The largest absolute Gasteiger partial charge is 0.370 e. The van der Waals surface area contributed by atoms with Crippen LogP contribution < -0.4 is 15.1 Å². The number of amides is 1. The molecule has 0 saturated carbocycles. The second-order valence-corrected chi connectivity index (χ2v) is 10.9. The van der Waals surface area contributed by atoms with Gasteiger partial charge in [0.1, 0.15) is 5.75 Å². The van der Waals surface area contributed by atoms with E-state index in [4.69, 9.17) is 0 Å². The molecule has 2 aliphatic heterocycles. The maximum atomic E-state index is 13.0. The van der Waals surface area contributed by atoms with Crippen LogP contribution in [0.5, 0.6) is 0 Å². The van der Waals surface area contributed by atoms with Crippen molar-refractivity contribution < 1.29 is 13.2 Å². The lowest BCUT2D eigenvalue weighted by Gasteiger charge is -2.35. The second-order valence-electron chi connectivity index (χ2n) is 8.95. The maximum absolute atomic E-state index is 13.0. The summed E-state index contributed by atoms with van der Waals surface area (Å²) in [5.41, 5.74) is 3.94. The van der Waals surface area contributed by atoms with E-state index in [1.165, 1.54) is 22.7 Å². The smallest absolute Gasteiger partial charge is 0.241 e. The zero-order valence-corrected chi connectivity index (χ0v) is 20.2. The Balaban J connectivity index is 1.36. The van der Waals surface area contributed by atoms with Crippen LogP contribution in [-0.4, -0.2) is 63.7 Å². The number of rotatable bonds is 6. The van der Waals surface area contributed by atoms with Gasteiger partial charge in [-0.25, -0.2) is 8.42 Å². The first-order valence-corrected chi connectivity index (χ1v) is 13.5. The molecule has 0 atom stereocenters. The molecule has 2 aliphatic rings. The summed E-state index contributed by atoms with van der Waals surface area (Å²) in [6.45, 7) is 5.95. The minimum absolute atomic E-state index is 0.383. The van der Waals surface area contributed by atoms with E-state index in [1.54, 1.807) is 0 Å². The summed E-state index contributed by atoms with van der Waals surface area (Å²) in [6, 6.07) is 15.9. The number of hydrogen-bond acceptors (Lipinski definition) is 5. The number of anilines is 3. The maximum Gasteiger partial charge on any atom is 0.241 e. The van der Waals surface area contributed by atoms with Crippen molar-refractivity contribution in [2.45, 2.75) is 32.6 Å². The Morgan fingerprint density at radius 3 is 2.24 bits per heavy atom. The summed E-state index contributed by atoms with van der Waals surface area (Å²) in [5.74, 6) is -1.02. The van der Waals surface area contributed by atoms with Gasteiger partial charge in [0.15, 0.2) is 0 Å². The van der Waals surface area contributed by atoms with Crippen LogP contribution in [0.15, 0.2) is 48.5 Å². The van der Waals surface area contributed by atoms with Crippen LogP contribution >= 0.6 is 0 Å². The van der Waals surface area contributed by atoms with Gasteiger partial charge in [-0.15, -0.1) is 0 Å². The molecule has 0 aliphatic carbocycles. The number of hydrogen-bond donors (Lipinski definition) is 1. The third kappa shape index (κ3) is 6.06. The summed E-state index contributed by atoms with van der Waals surface area (Å²) >= 11 is 0. The van der Waals surface area contributed by atoms with Crippen LogP contribution in [-0.2, 0) is 14.8 Å². The van der Waals surface area contributed by atoms with Gasteiger partial charge < -0.3 is 15.1 Å². The Kier molecular flexibility index (Phi) is 7.55. The van der Waals surface area contributed by atoms with E-state index in [2.05, 4.69) is 21.2 Å². The number of carbonyl (C=O) groups excluding carboxylic acids is 1. The van der Waals surface area contributed by atoms with Gasteiger partial charge in [-0.2, -0.15) is 4.31 Å².